The van der Waals surface area contributed by atoms with Crippen molar-refractivity contribution in [3.63, 3.8) is 0 Å². The highest BCUT2D eigenvalue weighted by Gasteiger charge is 2.34. The zero-order chi connectivity index (χ0) is 13.8. The Labute approximate surface area is 120 Å². The predicted molar refractivity (Wildman–Crippen MR) is 76.5 cm³/mol. The normalized spacial score (nSPS) is 25.4. The van der Waals surface area contributed by atoms with Gasteiger partial charge in [0.1, 0.15) is 12.2 Å². The van der Waals surface area contributed by atoms with Crippen LogP contribution < -0.4 is 5.32 Å². The summed E-state index contributed by atoms with van der Waals surface area (Å²) in [5.41, 5.74) is 0. The molecule has 2 saturated heterocycles. The van der Waals surface area contributed by atoms with Crippen molar-refractivity contribution in [1.82, 2.24) is 25.0 Å². The maximum Gasteiger partial charge on any atom is 0.150 e. The van der Waals surface area contributed by atoms with Crippen molar-refractivity contribution in [3.05, 3.63) is 12.2 Å². The molecule has 0 amide bonds. The molecule has 2 aliphatic rings. The zero-order valence-electron chi connectivity index (χ0n) is 12.3. The third-order valence-corrected chi connectivity index (χ3v) is 4.55. The van der Waals surface area contributed by atoms with Crippen molar-refractivity contribution in [3.8, 4) is 0 Å². The fourth-order valence-corrected chi connectivity index (χ4v) is 3.53. The lowest BCUT2D eigenvalue weighted by Crippen LogP contribution is -2.43. The molecular weight excluding hydrogens is 254 g/mol. The summed E-state index contributed by atoms with van der Waals surface area (Å²) in [6.45, 7) is 5.04. The Morgan fingerprint density at radius 3 is 3.00 bits per heavy atom. The van der Waals surface area contributed by atoms with E-state index in [2.05, 4.69) is 25.0 Å². The number of ether oxygens (including phenoxy) is 1. The summed E-state index contributed by atoms with van der Waals surface area (Å²) in [6, 6.07) is 1.15. The van der Waals surface area contributed by atoms with Gasteiger partial charge in [0, 0.05) is 19.7 Å². The molecule has 0 saturated carbocycles. The number of methoxy groups -OCH3 is 1. The summed E-state index contributed by atoms with van der Waals surface area (Å²) in [4.78, 5) is 2.66. The molecule has 0 bridgehead atoms. The first-order valence-corrected chi connectivity index (χ1v) is 7.73. The van der Waals surface area contributed by atoms with E-state index in [-0.39, 0.29) is 0 Å². The first-order valence-electron chi connectivity index (χ1n) is 7.73. The number of hydrogen-bond acceptors (Lipinski definition) is 5. The minimum atomic E-state index is 0.442. The Bertz CT molecular complexity index is 415. The summed E-state index contributed by atoms with van der Waals surface area (Å²) in [5.74, 6) is 1.12. The van der Waals surface area contributed by atoms with Gasteiger partial charge in [0.05, 0.1) is 12.6 Å². The van der Waals surface area contributed by atoms with E-state index < -0.39 is 0 Å². The van der Waals surface area contributed by atoms with Crippen molar-refractivity contribution >= 4 is 0 Å². The number of likely N-dealkylation sites (tertiary alicyclic amines) is 1. The molecule has 20 heavy (non-hydrogen) atoms. The fraction of sp³-hybridized carbons (Fsp3) is 0.857. The summed E-state index contributed by atoms with van der Waals surface area (Å²) in [6.07, 6.45) is 6.82. The number of piperidine rings is 1. The van der Waals surface area contributed by atoms with Crippen LogP contribution in [0.25, 0.3) is 0 Å². The second-order valence-electron chi connectivity index (χ2n) is 5.75. The van der Waals surface area contributed by atoms with Crippen LogP contribution in [-0.4, -0.2) is 59.1 Å². The van der Waals surface area contributed by atoms with Crippen LogP contribution in [0, 0.1) is 0 Å². The highest BCUT2D eigenvalue weighted by molar-refractivity contribution is 5.01. The van der Waals surface area contributed by atoms with Gasteiger partial charge < -0.3 is 14.6 Å². The molecule has 112 valence electrons. The predicted octanol–water partition coefficient (Wildman–Crippen LogP) is 0.813. The largest absolute Gasteiger partial charge is 0.383 e. The SMILES string of the molecule is COCCn1cnnc1C1CCCN1C1CCNCC1. The van der Waals surface area contributed by atoms with Crippen LogP contribution in [0.5, 0.6) is 0 Å². The Morgan fingerprint density at radius 2 is 2.20 bits per heavy atom. The molecule has 2 fully saturated rings. The van der Waals surface area contributed by atoms with Gasteiger partial charge in [-0.15, -0.1) is 10.2 Å². The molecule has 6 heteroatoms. The van der Waals surface area contributed by atoms with E-state index in [1.54, 1.807) is 7.11 Å². The molecule has 0 aliphatic carbocycles. The third kappa shape index (κ3) is 2.87. The van der Waals surface area contributed by atoms with Gasteiger partial charge in [0.2, 0.25) is 0 Å². The van der Waals surface area contributed by atoms with Crippen molar-refractivity contribution in [2.45, 2.75) is 44.3 Å². The molecule has 6 nitrogen and oxygen atoms in total. The van der Waals surface area contributed by atoms with Crippen LogP contribution in [0.4, 0.5) is 0 Å². The molecule has 0 spiro atoms. The molecule has 3 rings (SSSR count). The van der Waals surface area contributed by atoms with E-state index >= 15 is 0 Å². The van der Waals surface area contributed by atoms with E-state index in [0.29, 0.717) is 18.7 Å². The highest BCUT2D eigenvalue weighted by Crippen LogP contribution is 2.34. The summed E-state index contributed by atoms with van der Waals surface area (Å²) in [7, 11) is 1.74. The van der Waals surface area contributed by atoms with Gasteiger partial charge >= 0.3 is 0 Å². The van der Waals surface area contributed by atoms with Crippen LogP contribution in [0.3, 0.4) is 0 Å². The van der Waals surface area contributed by atoms with Crippen LogP contribution in [-0.2, 0) is 11.3 Å². The topological polar surface area (TPSA) is 55.2 Å². The maximum absolute atomic E-state index is 5.18. The highest BCUT2D eigenvalue weighted by atomic mass is 16.5. The minimum Gasteiger partial charge on any atom is -0.383 e. The van der Waals surface area contributed by atoms with E-state index in [4.69, 9.17) is 4.74 Å². The Kier molecular flexibility index (Phi) is 4.65. The second-order valence-corrected chi connectivity index (χ2v) is 5.75. The molecule has 3 heterocycles. The first kappa shape index (κ1) is 14.0. The maximum atomic E-state index is 5.18. The van der Waals surface area contributed by atoms with Gasteiger partial charge in [-0.25, -0.2) is 0 Å². The average molecular weight is 279 g/mol. The Balaban J connectivity index is 1.72. The third-order valence-electron chi connectivity index (χ3n) is 4.55. The van der Waals surface area contributed by atoms with Crippen LogP contribution in [0.1, 0.15) is 37.5 Å². The van der Waals surface area contributed by atoms with Gasteiger partial charge in [0.25, 0.3) is 0 Å². The van der Waals surface area contributed by atoms with Crippen molar-refractivity contribution in [1.29, 1.82) is 0 Å². The Hall–Kier alpha value is -0.980. The first-order chi connectivity index (χ1) is 9.90. The van der Waals surface area contributed by atoms with Gasteiger partial charge in [-0.05, 0) is 45.3 Å². The van der Waals surface area contributed by atoms with Gasteiger partial charge in [-0.1, -0.05) is 0 Å². The quantitative estimate of drug-likeness (QED) is 0.864. The number of nitrogens with one attached hydrogen (secondary N) is 1. The number of rotatable bonds is 5. The van der Waals surface area contributed by atoms with Crippen molar-refractivity contribution in [2.24, 2.45) is 0 Å². The molecule has 1 unspecified atom stereocenters. The molecular formula is C14H25N5O. The van der Waals surface area contributed by atoms with E-state index in [1.807, 2.05) is 6.33 Å². The molecule has 1 N–H and O–H groups in total. The van der Waals surface area contributed by atoms with Crippen LogP contribution in [0.2, 0.25) is 0 Å². The van der Waals surface area contributed by atoms with E-state index in [1.165, 1.54) is 32.2 Å². The second kappa shape index (κ2) is 6.65. The number of hydrogen-bond donors (Lipinski definition) is 1. The smallest absolute Gasteiger partial charge is 0.150 e. The van der Waals surface area contributed by atoms with Gasteiger partial charge in [-0.3, -0.25) is 4.90 Å². The fourth-order valence-electron chi connectivity index (χ4n) is 3.53. The van der Waals surface area contributed by atoms with Crippen molar-refractivity contribution < 1.29 is 4.74 Å². The van der Waals surface area contributed by atoms with Gasteiger partial charge in [-0.2, -0.15) is 0 Å². The minimum absolute atomic E-state index is 0.442. The Morgan fingerprint density at radius 1 is 1.35 bits per heavy atom. The number of aromatic nitrogens is 3. The summed E-state index contributed by atoms with van der Waals surface area (Å²) < 4.78 is 7.34. The van der Waals surface area contributed by atoms with Crippen LogP contribution in [0.15, 0.2) is 6.33 Å². The van der Waals surface area contributed by atoms with Gasteiger partial charge in [0.15, 0.2) is 0 Å². The number of nitrogens with zero attached hydrogens (tertiary/aromatic N) is 4. The molecule has 1 atom stereocenters. The molecule has 0 aromatic carbocycles. The van der Waals surface area contributed by atoms with Crippen molar-refractivity contribution in [2.75, 3.05) is 33.4 Å². The lowest BCUT2D eigenvalue weighted by atomic mass is 10.0. The summed E-state index contributed by atoms with van der Waals surface area (Å²) in [5, 5.41) is 12.0. The standard InChI is InChI=1S/C14H25N5O/c1-20-10-9-18-11-16-17-14(18)13-3-2-8-19(13)12-4-6-15-7-5-12/h11-13,15H,2-10H2,1H3. The zero-order valence-corrected chi connectivity index (χ0v) is 12.3. The lowest BCUT2D eigenvalue weighted by Gasteiger charge is -2.35. The van der Waals surface area contributed by atoms with Crippen LogP contribution >= 0.6 is 0 Å². The lowest BCUT2D eigenvalue weighted by molar-refractivity contribution is 0.137. The van der Waals surface area contributed by atoms with E-state index in [0.717, 1.165) is 25.5 Å². The molecule has 0 radical (unpaired) electrons. The molecule has 1 aromatic heterocycles. The monoisotopic (exact) mass is 279 g/mol. The van der Waals surface area contributed by atoms with E-state index in [9.17, 15) is 0 Å². The average Bonchev–Trinajstić information content (AvgIpc) is 3.14. The summed E-state index contributed by atoms with van der Waals surface area (Å²) >= 11 is 0. The molecule has 2 aliphatic heterocycles. The molecule has 1 aromatic rings.